The monoisotopic (exact) mass is 238 g/mol. The van der Waals surface area contributed by atoms with Crippen LogP contribution in [-0.2, 0) is 6.42 Å². The summed E-state index contributed by atoms with van der Waals surface area (Å²) in [5, 5.41) is 3.32. The third-order valence-corrected chi connectivity index (χ3v) is 4.53. The number of aryl methyl sites for hydroxylation is 1. The lowest BCUT2D eigenvalue weighted by molar-refractivity contribution is 0.360. The second-order valence-electron chi connectivity index (χ2n) is 5.43. The predicted octanol–water partition coefficient (Wildman–Crippen LogP) is 3.29. The van der Waals surface area contributed by atoms with Crippen LogP contribution in [0.5, 0.6) is 0 Å². The molecule has 0 radical (unpaired) electrons. The summed E-state index contributed by atoms with van der Waals surface area (Å²) in [4.78, 5) is 4.54. The molecular weight excluding hydrogens is 216 g/mol. The van der Waals surface area contributed by atoms with E-state index in [2.05, 4.69) is 24.2 Å². The Balaban J connectivity index is 2.01. The van der Waals surface area contributed by atoms with Gasteiger partial charge in [-0.25, -0.2) is 4.98 Å². The molecule has 3 heteroatoms. The summed E-state index contributed by atoms with van der Waals surface area (Å²) >= 11 is 1.73. The summed E-state index contributed by atoms with van der Waals surface area (Å²) in [7, 11) is 0. The average Bonchev–Trinajstić information content (AvgIpc) is 2.53. The Morgan fingerprint density at radius 2 is 2.31 bits per heavy atom. The fourth-order valence-corrected chi connectivity index (χ4v) is 3.25. The van der Waals surface area contributed by atoms with Gasteiger partial charge in [0.05, 0.1) is 10.7 Å². The molecule has 1 aromatic rings. The molecule has 1 fully saturated rings. The Kier molecular flexibility index (Phi) is 3.65. The zero-order valence-electron chi connectivity index (χ0n) is 10.3. The number of nitrogens with two attached hydrogens (primary N) is 1. The van der Waals surface area contributed by atoms with Crippen molar-refractivity contribution in [3.05, 3.63) is 16.1 Å². The third-order valence-electron chi connectivity index (χ3n) is 3.71. The van der Waals surface area contributed by atoms with Gasteiger partial charge in [-0.05, 0) is 32.1 Å². The minimum atomic E-state index is 0.00523. The largest absolute Gasteiger partial charge is 0.325 e. The third kappa shape index (κ3) is 3.05. The molecule has 16 heavy (non-hydrogen) atoms. The van der Waals surface area contributed by atoms with Gasteiger partial charge >= 0.3 is 0 Å². The van der Waals surface area contributed by atoms with E-state index >= 15 is 0 Å². The highest BCUT2D eigenvalue weighted by Gasteiger charge is 2.29. The molecule has 1 heterocycles. The Morgan fingerprint density at radius 3 is 3.00 bits per heavy atom. The molecular formula is C13H22N2S. The summed E-state index contributed by atoms with van der Waals surface area (Å²) in [5.41, 5.74) is 7.73. The van der Waals surface area contributed by atoms with Gasteiger partial charge in [-0.15, -0.1) is 11.3 Å². The van der Waals surface area contributed by atoms with Crippen molar-refractivity contribution in [2.45, 2.75) is 57.9 Å². The fourth-order valence-electron chi connectivity index (χ4n) is 2.63. The van der Waals surface area contributed by atoms with E-state index in [9.17, 15) is 0 Å². The van der Waals surface area contributed by atoms with E-state index in [0.717, 1.165) is 30.2 Å². The fraction of sp³-hybridized carbons (Fsp3) is 0.769. The van der Waals surface area contributed by atoms with Gasteiger partial charge in [0.25, 0.3) is 0 Å². The number of aromatic nitrogens is 1. The molecule has 0 amide bonds. The van der Waals surface area contributed by atoms with E-state index in [1.807, 2.05) is 0 Å². The Hall–Kier alpha value is -0.410. The molecule has 2 unspecified atom stereocenters. The van der Waals surface area contributed by atoms with E-state index in [1.54, 1.807) is 11.3 Å². The summed E-state index contributed by atoms with van der Waals surface area (Å²) in [5.74, 6) is 0.850. The summed E-state index contributed by atoms with van der Waals surface area (Å²) in [6, 6.07) is 0. The maximum absolute atomic E-state index is 6.53. The Labute approximate surface area is 102 Å². The van der Waals surface area contributed by atoms with Crippen LogP contribution in [0.25, 0.3) is 0 Å². The van der Waals surface area contributed by atoms with Gasteiger partial charge in [0.1, 0.15) is 0 Å². The molecule has 2 rings (SSSR count). The molecule has 0 spiro atoms. The van der Waals surface area contributed by atoms with Gasteiger partial charge in [-0.2, -0.15) is 0 Å². The maximum atomic E-state index is 6.53. The number of nitrogens with zero attached hydrogens (tertiary/aromatic N) is 1. The zero-order valence-corrected chi connectivity index (χ0v) is 11.1. The van der Waals surface area contributed by atoms with Crippen molar-refractivity contribution in [1.82, 2.24) is 4.98 Å². The van der Waals surface area contributed by atoms with Gasteiger partial charge in [-0.1, -0.05) is 19.8 Å². The number of hydrogen-bond donors (Lipinski definition) is 1. The lowest BCUT2D eigenvalue weighted by atomic mass is 9.86. The van der Waals surface area contributed by atoms with Crippen molar-refractivity contribution in [2.75, 3.05) is 0 Å². The first kappa shape index (κ1) is 12.1. The lowest BCUT2D eigenvalue weighted by Crippen LogP contribution is -2.41. The Bertz CT molecular complexity index is 347. The van der Waals surface area contributed by atoms with Crippen molar-refractivity contribution >= 4 is 11.3 Å². The molecule has 1 aromatic heterocycles. The highest BCUT2D eigenvalue weighted by atomic mass is 32.1. The number of rotatable bonds is 2. The highest BCUT2D eigenvalue weighted by Crippen LogP contribution is 2.31. The van der Waals surface area contributed by atoms with Crippen LogP contribution >= 0.6 is 11.3 Å². The van der Waals surface area contributed by atoms with E-state index in [-0.39, 0.29) is 5.54 Å². The van der Waals surface area contributed by atoms with E-state index in [1.165, 1.54) is 25.0 Å². The maximum Gasteiger partial charge on any atom is 0.0897 e. The van der Waals surface area contributed by atoms with Crippen LogP contribution in [-0.4, -0.2) is 10.5 Å². The van der Waals surface area contributed by atoms with Gasteiger partial charge in [0.2, 0.25) is 0 Å². The van der Waals surface area contributed by atoms with Crippen molar-refractivity contribution in [3.8, 4) is 0 Å². The molecule has 1 saturated carbocycles. The van der Waals surface area contributed by atoms with Crippen LogP contribution < -0.4 is 5.73 Å². The van der Waals surface area contributed by atoms with Crippen LogP contribution in [0, 0.1) is 12.8 Å². The van der Waals surface area contributed by atoms with Crippen molar-refractivity contribution < 1.29 is 0 Å². The SMILES string of the molecule is Cc1nc(CC2(N)CCCC(C)CC2)cs1. The average molecular weight is 238 g/mol. The molecule has 90 valence electrons. The van der Waals surface area contributed by atoms with Crippen LogP contribution in [0.15, 0.2) is 5.38 Å². The first-order chi connectivity index (χ1) is 7.57. The van der Waals surface area contributed by atoms with Crippen LogP contribution in [0.3, 0.4) is 0 Å². The molecule has 2 atom stereocenters. The van der Waals surface area contributed by atoms with Crippen LogP contribution in [0.2, 0.25) is 0 Å². The Morgan fingerprint density at radius 1 is 1.50 bits per heavy atom. The molecule has 0 saturated heterocycles. The molecule has 0 bridgehead atoms. The van der Waals surface area contributed by atoms with Gasteiger partial charge in [-0.3, -0.25) is 0 Å². The van der Waals surface area contributed by atoms with Gasteiger partial charge in [0.15, 0.2) is 0 Å². The van der Waals surface area contributed by atoms with Crippen molar-refractivity contribution in [2.24, 2.45) is 11.7 Å². The highest BCUT2D eigenvalue weighted by molar-refractivity contribution is 7.09. The van der Waals surface area contributed by atoms with Crippen molar-refractivity contribution in [1.29, 1.82) is 0 Å². The lowest BCUT2D eigenvalue weighted by Gasteiger charge is -2.27. The smallest absolute Gasteiger partial charge is 0.0897 e. The minimum Gasteiger partial charge on any atom is -0.325 e. The van der Waals surface area contributed by atoms with Gasteiger partial charge < -0.3 is 5.73 Å². The quantitative estimate of drug-likeness (QED) is 0.803. The molecule has 1 aliphatic carbocycles. The van der Waals surface area contributed by atoms with E-state index in [4.69, 9.17) is 5.73 Å². The summed E-state index contributed by atoms with van der Waals surface area (Å²) in [6.45, 7) is 4.41. The van der Waals surface area contributed by atoms with Gasteiger partial charge in [0, 0.05) is 17.3 Å². The molecule has 0 aliphatic heterocycles. The molecule has 0 aromatic carbocycles. The van der Waals surface area contributed by atoms with E-state index in [0.29, 0.717) is 0 Å². The van der Waals surface area contributed by atoms with E-state index < -0.39 is 0 Å². The molecule has 1 aliphatic rings. The molecule has 2 N–H and O–H groups in total. The minimum absolute atomic E-state index is 0.00523. The summed E-state index contributed by atoms with van der Waals surface area (Å²) in [6.07, 6.45) is 7.18. The standard InChI is InChI=1S/C13H22N2S/c1-10-4-3-6-13(14,7-5-10)8-12-9-16-11(2)15-12/h9-10H,3-8,14H2,1-2H3. The first-order valence-electron chi connectivity index (χ1n) is 6.27. The second kappa shape index (κ2) is 4.84. The topological polar surface area (TPSA) is 38.9 Å². The van der Waals surface area contributed by atoms with Crippen LogP contribution in [0.4, 0.5) is 0 Å². The predicted molar refractivity (Wildman–Crippen MR) is 69.7 cm³/mol. The second-order valence-corrected chi connectivity index (χ2v) is 6.50. The molecule has 2 nitrogen and oxygen atoms in total. The number of hydrogen-bond acceptors (Lipinski definition) is 3. The summed E-state index contributed by atoms with van der Waals surface area (Å²) < 4.78 is 0. The zero-order chi connectivity index (χ0) is 11.6. The van der Waals surface area contributed by atoms with Crippen molar-refractivity contribution in [3.63, 3.8) is 0 Å². The number of thiazole rings is 1. The normalized spacial score (nSPS) is 31.3. The van der Waals surface area contributed by atoms with Crippen LogP contribution in [0.1, 0.15) is 49.7 Å². The first-order valence-corrected chi connectivity index (χ1v) is 7.15.